The van der Waals surface area contributed by atoms with Gasteiger partial charge in [-0.05, 0) is 31.0 Å². The van der Waals surface area contributed by atoms with E-state index >= 15 is 0 Å². The molecule has 3 aromatic rings. The molecule has 1 atom stereocenters. The number of para-hydroxylation sites is 1. The molecule has 2 N–H and O–H groups in total. The lowest BCUT2D eigenvalue weighted by molar-refractivity contribution is -0.123. The molecular weight excluding hydrogens is 519 g/mol. The highest BCUT2D eigenvalue weighted by atomic mass is 35.6. The average Bonchev–Trinajstić information content (AvgIpc) is 3.22. The van der Waals surface area contributed by atoms with Crippen molar-refractivity contribution in [3.8, 4) is 16.9 Å². The Balaban J connectivity index is 1.82. The molecule has 1 aromatic heterocycles. The summed E-state index contributed by atoms with van der Waals surface area (Å²) in [7, 11) is 0. The number of nitrogens with one attached hydrogen (secondary N) is 2. The molecule has 1 amide bonds. The number of hydrogen-bond donors (Lipinski definition) is 2. The van der Waals surface area contributed by atoms with Crippen molar-refractivity contribution >= 4 is 63.0 Å². The summed E-state index contributed by atoms with van der Waals surface area (Å²) in [6, 6.07) is 16.7. The number of aryl methyl sites for hydroxylation is 1. The smallest absolute Gasteiger partial charge is 0.341 e. The van der Waals surface area contributed by atoms with Crippen molar-refractivity contribution in [1.82, 2.24) is 5.32 Å². The van der Waals surface area contributed by atoms with Gasteiger partial charge in [0, 0.05) is 10.9 Å². The molecular formula is C24H23Cl3N2O4S. The summed E-state index contributed by atoms with van der Waals surface area (Å²) in [5.74, 6) is -0.460. The number of amides is 1. The van der Waals surface area contributed by atoms with Crippen LogP contribution >= 0.6 is 46.1 Å². The monoisotopic (exact) mass is 540 g/mol. The van der Waals surface area contributed by atoms with Crippen LogP contribution in [-0.4, -0.2) is 35.0 Å². The second kappa shape index (κ2) is 11.8. The topological polar surface area (TPSA) is 76.7 Å². The number of ether oxygens (including phenoxy) is 2. The summed E-state index contributed by atoms with van der Waals surface area (Å²) in [6.07, 6.45) is -1.15. The molecule has 0 spiro atoms. The molecule has 0 fully saturated rings. The predicted molar refractivity (Wildman–Crippen MR) is 138 cm³/mol. The molecule has 0 unspecified atom stereocenters. The third kappa shape index (κ3) is 6.79. The highest BCUT2D eigenvalue weighted by molar-refractivity contribution is 7.15. The third-order valence-electron chi connectivity index (χ3n) is 4.72. The molecule has 10 heteroatoms. The van der Waals surface area contributed by atoms with Crippen molar-refractivity contribution in [2.45, 2.75) is 23.8 Å². The van der Waals surface area contributed by atoms with Gasteiger partial charge in [0.25, 0.3) is 5.91 Å². The first-order valence-electron chi connectivity index (χ1n) is 10.4. The first kappa shape index (κ1) is 26.2. The lowest BCUT2D eigenvalue weighted by Crippen LogP contribution is -2.50. The zero-order valence-corrected chi connectivity index (χ0v) is 21.5. The summed E-state index contributed by atoms with van der Waals surface area (Å²) >= 11 is 19.7. The van der Waals surface area contributed by atoms with Crippen LogP contribution < -0.4 is 15.4 Å². The Morgan fingerprint density at radius 3 is 2.38 bits per heavy atom. The van der Waals surface area contributed by atoms with Crippen molar-refractivity contribution in [1.29, 1.82) is 0 Å². The summed E-state index contributed by atoms with van der Waals surface area (Å²) in [5, 5.41) is 7.82. The number of alkyl halides is 3. The van der Waals surface area contributed by atoms with E-state index in [4.69, 9.17) is 44.3 Å². The maximum Gasteiger partial charge on any atom is 0.341 e. The molecule has 0 radical (unpaired) electrons. The first-order valence-corrected chi connectivity index (χ1v) is 12.4. The van der Waals surface area contributed by atoms with Crippen LogP contribution in [0.25, 0.3) is 11.1 Å². The zero-order valence-electron chi connectivity index (χ0n) is 18.4. The summed E-state index contributed by atoms with van der Waals surface area (Å²) in [4.78, 5) is 25.4. The lowest BCUT2D eigenvalue weighted by Gasteiger charge is -2.27. The summed E-state index contributed by atoms with van der Waals surface area (Å²) in [6.45, 7) is 3.51. The summed E-state index contributed by atoms with van der Waals surface area (Å²) < 4.78 is 8.91. The molecule has 0 aliphatic carbocycles. The number of benzene rings is 2. The van der Waals surface area contributed by atoms with Crippen LogP contribution in [-0.2, 0) is 9.53 Å². The van der Waals surface area contributed by atoms with Crippen LogP contribution in [0.15, 0.2) is 60.0 Å². The molecule has 180 valence electrons. The molecule has 2 aromatic carbocycles. The number of carbonyl (C=O) groups is 2. The van der Waals surface area contributed by atoms with Crippen molar-refractivity contribution in [2.75, 3.05) is 18.5 Å². The van der Waals surface area contributed by atoms with Gasteiger partial charge in [-0.25, -0.2) is 4.79 Å². The van der Waals surface area contributed by atoms with Crippen LogP contribution in [0.1, 0.15) is 22.8 Å². The zero-order chi connectivity index (χ0) is 24.7. The molecule has 1 heterocycles. The van der Waals surface area contributed by atoms with Crippen molar-refractivity contribution in [3.05, 3.63) is 71.1 Å². The van der Waals surface area contributed by atoms with Crippen molar-refractivity contribution in [3.63, 3.8) is 0 Å². The minimum atomic E-state index is -1.93. The number of hydrogen-bond acceptors (Lipinski definition) is 6. The minimum absolute atomic E-state index is 0.198. The van der Waals surface area contributed by atoms with Gasteiger partial charge in [-0.2, -0.15) is 0 Å². The Labute approximate surface area is 217 Å². The maximum absolute atomic E-state index is 12.8. The number of anilines is 1. The van der Waals surface area contributed by atoms with Gasteiger partial charge in [0.1, 0.15) is 22.5 Å². The van der Waals surface area contributed by atoms with E-state index in [2.05, 4.69) is 10.6 Å². The highest BCUT2D eigenvalue weighted by Gasteiger charge is 2.36. The predicted octanol–water partition coefficient (Wildman–Crippen LogP) is 6.20. The first-order chi connectivity index (χ1) is 16.2. The Morgan fingerprint density at radius 1 is 1.06 bits per heavy atom. The Kier molecular flexibility index (Phi) is 9.08. The molecule has 6 nitrogen and oxygen atoms in total. The van der Waals surface area contributed by atoms with Gasteiger partial charge in [-0.15, -0.1) is 11.3 Å². The highest BCUT2D eigenvalue weighted by Crippen LogP contribution is 2.39. The molecule has 0 saturated carbocycles. The van der Waals surface area contributed by atoms with E-state index in [9.17, 15) is 9.59 Å². The Morgan fingerprint density at radius 2 is 1.74 bits per heavy atom. The van der Waals surface area contributed by atoms with E-state index in [1.165, 1.54) is 11.3 Å². The average molecular weight is 542 g/mol. The number of esters is 1. The van der Waals surface area contributed by atoms with Gasteiger partial charge in [0.05, 0.1) is 6.61 Å². The van der Waals surface area contributed by atoms with Crippen LogP contribution in [0.3, 0.4) is 0 Å². The van der Waals surface area contributed by atoms with Gasteiger partial charge in [-0.3, -0.25) is 4.79 Å². The van der Waals surface area contributed by atoms with Gasteiger partial charge in [0.2, 0.25) is 3.79 Å². The van der Waals surface area contributed by atoms with Crippen LogP contribution in [0.2, 0.25) is 0 Å². The normalized spacial score (nSPS) is 12.0. The Bertz CT molecular complexity index is 1130. The number of halogens is 3. The van der Waals surface area contributed by atoms with Crippen LogP contribution in [0.4, 0.5) is 5.00 Å². The van der Waals surface area contributed by atoms with Crippen LogP contribution in [0, 0.1) is 6.92 Å². The second-order valence-electron chi connectivity index (χ2n) is 7.18. The van der Waals surface area contributed by atoms with E-state index < -0.39 is 21.8 Å². The molecule has 0 bridgehead atoms. The quantitative estimate of drug-likeness (QED) is 0.191. The Hall–Kier alpha value is -2.45. The SMILES string of the molecule is CCOC(=O)c1c(-c2ccccc2)csc1N[C@@H](NC(=O)COc1ccccc1C)C(Cl)(Cl)Cl. The van der Waals surface area contributed by atoms with Gasteiger partial charge < -0.3 is 20.1 Å². The van der Waals surface area contributed by atoms with Crippen molar-refractivity contribution < 1.29 is 19.1 Å². The minimum Gasteiger partial charge on any atom is -0.484 e. The van der Waals surface area contributed by atoms with E-state index in [1.54, 1.807) is 13.0 Å². The van der Waals surface area contributed by atoms with Gasteiger partial charge in [-0.1, -0.05) is 83.3 Å². The standard InChI is InChI=1S/C24H23Cl3N2O4S/c1-3-32-22(31)20-17(16-10-5-4-6-11-16)14-34-21(20)29-23(24(25,26)27)28-19(30)13-33-18-12-8-7-9-15(18)2/h4-12,14,23,29H,3,13H2,1-2H3,(H,28,30)/t23-/m1/s1. The van der Waals surface area contributed by atoms with E-state index in [-0.39, 0.29) is 13.2 Å². The van der Waals surface area contributed by atoms with E-state index in [1.807, 2.05) is 60.8 Å². The number of thiophene rings is 1. The molecule has 34 heavy (non-hydrogen) atoms. The van der Waals surface area contributed by atoms with Gasteiger partial charge >= 0.3 is 5.97 Å². The molecule has 3 rings (SSSR count). The van der Waals surface area contributed by atoms with E-state index in [0.29, 0.717) is 21.9 Å². The molecule has 0 saturated heterocycles. The van der Waals surface area contributed by atoms with E-state index in [0.717, 1.165) is 11.1 Å². The fourth-order valence-corrected chi connectivity index (χ4v) is 4.41. The number of carbonyl (C=O) groups excluding carboxylic acids is 2. The molecule has 0 aliphatic heterocycles. The maximum atomic E-state index is 12.8. The summed E-state index contributed by atoms with van der Waals surface area (Å²) in [5.41, 5.74) is 2.68. The van der Waals surface area contributed by atoms with Gasteiger partial charge in [0.15, 0.2) is 6.61 Å². The second-order valence-corrected chi connectivity index (χ2v) is 10.4. The fourth-order valence-electron chi connectivity index (χ4n) is 3.10. The van der Waals surface area contributed by atoms with Crippen molar-refractivity contribution in [2.24, 2.45) is 0 Å². The molecule has 0 aliphatic rings. The number of rotatable bonds is 9. The largest absolute Gasteiger partial charge is 0.484 e. The van der Waals surface area contributed by atoms with Crippen LogP contribution in [0.5, 0.6) is 5.75 Å². The fraction of sp³-hybridized carbons (Fsp3) is 0.250. The lowest BCUT2D eigenvalue weighted by atomic mass is 10.0. The third-order valence-corrected chi connectivity index (χ3v) is 6.28.